The van der Waals surface area contributed by atoms with Crippen LogP contribution in [0, 0.1) is 13.8 Å². The van der Waals surface area contributed by atoms with Gasteiger partial charge in [-0.3, -0.25) is 0 Å². The molecular formula is C27H31N. The van der Waals surface area contributed by atoms with Crippen LogP contribution in [0.5, 0.6) is 0 Å². The summed E-state index contributed by atoms with van der Waals surface area (Å²) < 4.78 is 0. The second-order valence-electron chi connectivity index (χ2n) is 9.65. The average molecular weight is 370 g/mol. The van der Waals surface area contributed by atoms with Gasteiger partial charge in [0.1, 0.15) is 0 Å². The SMILES string of the molecule is Cc1ccccc1N(c1cc2c(cc1C)C(C)(C)c1ccccc1-2)C(C)(C)C. The lowest BCUT2D eigenvalue weighted by Crippen LogP contribution is -2.38. The molecule has 0 aromatic heterocycles. The molecule has 0 spiro atoms. The topological polar surface area (TPSA) is 3.24 Å². The van der Waals surface area contributed by atoms with Crippen molar-refractivity contribution in [3.8, 4) is 11.1 Å². The Hall–Kier alpha value is -2.54. The monoisotopic (exact) mass is 369 g/mol. The number of aryl methyl sites for hydroxylation is 2. The van der Waals surface area contributed by atoms with Gasteiger partial charge < -0.3 is 4.90 Å². The number of benzene rings is 3. The van der Waals surface area contributed by atoms with E-state index >= 15 is 0 Å². The second kappa shape index (κ2) is 6.24. The molecule has 1 aliphatic rings. The quantitative estimate of drug-likeness (QED) is 0.451. The molecule has 0 aliphatic heterocycles. The van der Waals surface area contributed by atoms with Gasteiger partial charge in [-0.05, 0) is 80.1 Å². The molecule has 0 saturated carbocycles. The van der Waals surface area contributed by atoms with Gasteiger partial charge in [0.15, 0.2) is 0 Å². The van der Waals surface area contributed by atoms with Gasteiger partial charge >= 0.3 is 0 Å². The molecule has 28 heavy (non-hydrogen) atoms. The third kappa shape index (κ3) is 2.76. The predicted molar refractivity (Wildman–Crippen MR) is 122 cm³/mol. The lowest BCUT2D eigenvalue weighted by atomic mass is 9.82. The highest BCUT2D eigenvalue weighted by molar-refractivity contribution is 5.85. The highest BCUT2D eigenvalue weighted by Gasteiger charge is 2.37. The van der Waals surface area contributed by atoms with Gasteiger partial charge in [0.25, 0.3) is 0 Å². The molecule has 0 unspecified atom stereocenters. The number of nitrogens with zero attached hydrogens (tertiary/aromatic N) is 1. The zero-order valence-electron chi connectivity index (χ0n) is 18.2. The molecule has 0 radical (unpaired) electrons. The first-order chi connectivity index (χ1) is 13.1. The van der Waals surface area contributed by atoms with Gasteiger partial charge in [-0.25, -0.2) is 0 Å². The van der Waals surface area contributed by atoms with Crippen molar-refractivity contribution in [2.45, 2.75) is 59.4 Å². The van der Waals surface area contributed by atoms with E-state index in [2.05, 4.69) is 114 Å². The molecule has 1 heteroatoms. The number of anilines is 2. The van der Waals surface area contributed by atoms with Crippen molar-refractivity contribution in [2.24, 2.45) is 0 Å². The Morgan fingerprint density at radius 1 is 0.679 bits per heavy atom. The number of para-hydroxylation sites is 1. The number of hydrogen-bond donors (Lipinski definition) is 0. The fraction of sp³-hybridized carbons (Fsp3) is 0.333. The van der Waals surface area contributed by atoms with Gasteiger partial charge in [-0.1, -0.05) is 62.4 Å². The summed E-state index contributed by atoms with van der Waals surface area (Å²) in [7, 11) is 0. The molecule has 0 bridgehead atoms. The maximum Gasteiger partial charge on any atom is 0.0451 e. The van der Waals surface area contributed by atoms with Crippen molar-refractivity contribution in [3.05, 3.63) is 82.9 Å². The van der Waals surface area contributed by atoms with E-state index in [1.54, 1.807) is 0 Å². The fourth-order valence-electron chi connectivity index (χ4n) is 4.75. The minimum Gasteiger partial charge on any atom is -0.336 e. The van der Waals surface area contributed by atoms with Crippen molar-refractivity contribution in [3.63, 3.8) is 0 Å². The zero-order chi connectivity index (χ0) is 20.3. The molecule has 0 N–H and O–H groups in total. The first kappa shape index (κ1) is 18.8. The summed E-state index contributed by atoms with van der Waals surface area (Å²) in [6.07, 6.45) is 0. The Balaban J connectivity index is 1.99. The van der Waals surface area contributed by atoms with E-state index in [1.165, 1.54) is 44.8 Å². The maximum absolute atomic E-state index is 2.51. The molecular weight excluding hydrogens is 338 g/mol. The van der Waals surface area contributed by atoms with E-state index < -0.39 is 0 Å². The molecule has 1 nitrogen and oxygen atoms in total. The van der Waals surface area contributed by atoms with Gasteiger partial charge in [0, 0.05) is 22.3 Å². The summed E-state index contributed by atoms with van der Waals surface area (Å²) in [6.45, 7) is 16.0. The fourth-order valence-corrected chi connectivity index (χ4v) is 4.75. The summed E-state index contributed by atoms with van der Waals surface area (Å²) >= 11 is 0. The largest absolute Gasteiger partial charge is 0.336 e. The average Bonchev–Trinajstić information content (AvgIpc) is 2.84. The zero-order valence-corrected chi connectivity index (χ0v) is 18.2. The summed E-state index contributed by atoms with van der Waals surface area (Å²) in [5, 5.41) is 0. The smallest absolute Gasteiger partial charge is 0.0451 e. The summed E-state index contributed by atoms with van der Waals surface area (Å²) in [5.41, 5.74) is 10.9. The van der Waals surface area contributed by atoms with Crippen molar-refractivity contribution in [1.29, 1.82) is 0 Å². The molecule has 0 amide bonds. The van der Waals surface area contributed by atoms with Crippen LogP contribution < -0.4 is 4.90 Å². The normalized spacial score (nSPS) is 14.5. The molecule has 4 rings (SSSR count). The second-order valence-corrected chi connectivity index (χ2v) is 9.65. The van der Waals surface area contributed by atoms with Crippen LogP contribution in [0.1, 0.15) is 56.9 Å². The Morgan fingerprint density at radius 2 is 1.32 bits per heavy atom. The number of fused-ring (bicyclic) bond motifs is 3. The lowest BCUT2D eigenvalue weighted by Gasteiger charge is -2.40. The molecule has 3 aromatic carbocycles. The van der Waals surface area contributed by atoms with Crippen molar-refractivity contribution in [1.82, 2.24) is 0 Å². The molecule has 0 atom stereocenters. The molecule has 144 valence electrons. The highest BCUT2D eigenvalue weighted by Crippen LogP contribution is 2.51. The van der Waals surface area contributed by atoms with E-state index in [1.807, 2.05) is 0 Å². The first-order valence-corrected chi connectivity index (χ1v) is 10.2. The van der Waals surface area contributed by atoms with Gasteiger partial charge in [-0.15, -0.1) is 0 Å². The Labute approximate surface area is 170 Å². The van der Waals surface area contributed by atoms with E-state index in [-0.39, 0.29) is 11.0 Å². The van der Waals surface area contributed by atoms with Crippen molar-refractivity contribution >= 4 is 11.4 Å². The van der Waals surface area contributed by atoms with Crippen LogP contribution in [0.3, 0.4) is 0 Å². The summed E-state index contributed by atoms with van der Waals surface area (Å²) in [5.74, 6) is 0. The Kier molecular flexibility index (Phi) is 4.19. The highest BCUT2D eigenvalue weighted by atomic mass is 15.2. The molecule has 3 aromatic rings. The minimum atomic E-state index is -0.0290. The molecule has 1 aliphatic carbocycles. The van der Waals surface area contributed by atoms with Crippen LogP contribution in [0.4, 0.5) is 11.4 Å². The van der Waals surface area contributed by atoms with E-state index in [0.717, 1.165) is 0 Å². The molecule has 0 heterocycles. The van der Waals surface area contributed by atoms with Crippen LogP contribution in [-0.4, -0.2) is 5.54 Å². The van der Waals surface area contributed by atoms with Crippen LogP contribution in [0.2, 0.25) is 0 Å². The molecule has 0 saturated heterocycles. The third-order valence-electron chi connectivity index (χ3n) is 6.17. The third-order valence-corrected chi connectivity index (χ3v) is 6.17. The number of rotatable bonds is 2. The molecule has 0 fully saturated rings. The van der Waals surface area contributed by atoms with Crippen molar-refractivity contribution < 1.29 is 0 Å². The predicted octanol–water partition coefficient (Wildman–Crippen LogP) is 7.55. The summed E-state index contributed by atoms with van der Waals surface area (Å²) in [4.78, 5) is 2.51. The Bertz CT molecular complexity index is 1050. The van der Waals surface area contributed by atoms with Gasteiger partial charge in [0.2, 0.25) is 0 Å². The van der Waals surface area contributed by atoms with Crippen molar-refractivity contribution in [2.75, 3.05) is 4.90 Å². The van der Waals surface area contributed by atoms with Gasteiger partial charge in [-0.2, -0.15) is 0 Å². The first-order valence-electron chi connectivity index (χ1n) is 10.2. The van der Waals surface area contributed by atoms with Crippen LogP contribution in [0.25, 0.3) is 11.1 Å². The van der Waals surface area contributed by atoms with Crippen LogP contribution in [-0.2, 0) is 5.41 Å². The van der Waals surface area contributed by atoms with Crippen LogP contribution >= 0.6 is 0 Å². The Morgan fingerprint density at radius 3 is 2.00 bits per heavy atom. The standard InChI is InChI=1S/C27H31N/c1-18-12-8-11-15-24(18)28(26(3,4)5)25-17-21-20-13-9-10-14-22(20)27(6,7)23(21)16-19(25)2/h8-17H,1-7H3. The lowest BCUT2D eigenvalue weighted by molar-refractivity contribution is 0.558. The summed E-state index contributed by atoms with van der Waals surface area (Å²) in [6, 6.07) is 22.4. The van der Waals surface area contributed by atoms with Crippen LogP contribution in [0.15, 0.2) is 60.7 Å². The minimum absolute atomic E-state index is 0.0290. The number of hydrogen-bond acceptors (Lipinski definition) is 1. The van der Waals surface area contributed by atoms with Gasteiger partial charge in [0.05, 0.1) is 0 Å². The maximum atomic E-state index is 2.51. The van der Waals surface area contributed by atoms with E-state index in [9.17, 15) is 0 Å². The van der Waals surface area contributed by atoms with E-state index in [0.29, 0.717) is 0 Å². The van der Waals surface area contributed by atoms with E-state index in [4.69, 9.17) is 0 Å².